The number of ether oxygens (including phenoxy) is 2. The Morgan fingerprint density at radius 3 is 2.56 bits per heavy atom. The topological polar surface area (TPSA) is 30.5 Å². The highest BCUT2D eigenvalue weighted by atomic mass is 16.6. The Hall–Kier alpha value is -0.120. The Balaban J connectivity index is 1.99. The quantitative estimate of drug-likeness (QED) is 0.488. The van der Waals surface area contributed by atoms with Gasteiger partial charge in [0.1, 0.15) is 0 Å². The molecule has 1 spiro atoms. The van der Waals surface area contributed by atoms with Gasteiger partial charge in [-0.15, -0.1) is 0 Å². The highest BCUT2D eigenvalue weighted by Gasteiger charge is 2.44. The maximum atomic E-state index is 5.45. The first-order chi connectivity index (χ1) is 4.31. The van der Waals surface area contributed by atoms with Crippen LogP contribution in [0.15, 0.2) is 0 Å². The first kappa shape index (κ1) is 5.65. The zero-order chi connectivity index (χ0) is 6.32. The van der Waals surface area contributed by atoms with E-state index in [2.05, 4.69) is 12.2 Å². The Kier molecular flexibility index (Phi) is 1.06. The van der Waals surface area contributed by atoms with Gasteiger partial charge in [-0.25, -0.2) is 0 Å². The molecule has 0 aromatic heterocycles. The summed E-state index contributed by atoms with van der Waals surface area (Å²) in [4.78, 5) is 0. The van der Waals surface area contributed by atoms with Crippen LogP contribution in [0.3, 0.4) is 0 Å². The average molecular weight is 129 g/mol. The van der Waals surface area contributed by atoms with E-state index in [1.807, 2.05) is 0 Å². The van der Waals surface area contributed by atoms with Crippen LogP contribution in [0.25, 0.3) is 0 Å². The first-order valence-corrected chi connectivity index (χ1v) is 3.30. The Morgan fingerprint density at radius 1 is 1.56 bits per heavy atom. The standard InChI is InChI=1S/C6H11NO2/c1-5-2-9-6(7-5)3-8-4-6/h5,7H,2-4H2,1H3. The molecule has 9 heavy (non-hydrogen) atoms. The van der Waals surface area contributed by atoms with Gasteiger partial charge < -0.3 is 9.47 Å². The molecule has 1 atom stereocenters. The van der Waals surface area contributed by atoms with E-state index in [4.69, 9.17) is 9.47 Å². The largest absolute Gasteiger partial charge is 0.372 e. The summed E-state index contributed by atoms with van der Waals surface area (Å²) in [5, 5.41) is 3.32. The summed E-state index contributed by atoms with van der Waals surface area (Å²) in [5.74, 6) is 0. The SMILES string of the molecule is CC1COC2(COC2)N1. The summed E-state index contributed by atoms with van der Waals surface area (Å²) in [6, 6.07) is 0.494. The molecule has 0 bridgehead atoms. The predicted molar refractivity (Wildman–Crippen MR) is 32.1 cm³/mol. The summed E-state index contributed by atoms with van der Waals surface area (Å²) >= 11 is 0. The van der Waals surface area contributed by atoms with Crippen LogP contribution in [0.1, 0.15) is 6.92 Å². The van der Waals surface area contributed by atoms with Gasteiger partial charge in [-0.3, -0.25) is 5.32 Å². The fourth-order valence-electron chi connectivity index (χ4n) is 1.27. The Labute approximate surface area is 54.3 Å². The molecule has 2 saturated heterocycles. The van der Waals surface area contributed by atoms with Gasteiger partial charge in [0.15, 0.2) is 5.72 Å². The van der Waals surface area contributed by atoms with Crippen molar-refractivity contribution >= 4 is 0 Å². The molecule has 2 rings (SSSR count). The Bertz CT molecular complexity index is 122. The molecule has 0 aromatic rings. The summed E-state index contributed by atoms with van der Waals surface area (Å²) in [7, 11) is 0. The highest BCUT2D eigenvalue weighted by Crippen LogP contribution is 2.23. The zero-order valence-electron chi connectivity index (χ0n) is 5.52. The van der Waals surface area contributed by atoms with E-state index in [1.54, 1.807) is 0 Å². The van der Waals surface area contributed by atoms with Gasteiger partial charge in [-0.05, 0) is 6.92 Å². The van der Waals surface area contributed by atoms with Gasteiger partial charge in [-0.2, -0.15) is 0 Å². The maximum absolute atomic E-state index is 5.45. The molecule has 2 aliphatic rings. The van der Waals surface area contributed by atoms with Crippen molar-refractivity contribution in [2.45, 2.75) is 18.7 Å². The van der Waals surface area contributed by atoms with Gasteiger partial charge in [0.05, 0.1) is 19.8 Å². The van der Waals surface area contributed by atoms with Crippen molar-refractivity contribution in [3.8, 4) is 0 Å². The minimum atomic E-state index is -0.0839. The van der Waals surface area contributed by atoms with Gasteiger partial charge in [0.25, 0.3) is 0 Å². The second kappa shape index (κ2) is 1.68. The van der Waals surface area contributed by atoms with Gasteiger partial charge in [0, 0.05) is 6.04 Å². The molecule has 3 heteroatoms. The van der Waals surface area contributed by atoms with Gasteiger partial charge in [-0.1, -0.05) is 0 Å². The van der Waals surface area contributed by atoms with Crippen LogP contribution in [0.4, 0.5) is 0 Å². The lowest BCUT2D eigenvalue weighted by molar-refractivity contribution is -0.195. The van der Waals surface area contributed by atoms with E-state index in [0.29, 0.717) is 6.04 Å². The van der Waals surface area contributed by atoms with E-state index < -0.39 is 0 Å². The smallest absolute Gasteiger partial charge is 0.166 e. The van der Waals surface area contributed by atoms with E-state index >= 15 is 0 Å². The third-order valence-electron chi connectivity index (χ3n) is 1.79. The van der Waals surface area contributed by atoms with Crippen LogP contribution < -0.4 is 5.32 Å². The van der Waals surface area contributed by atoms with Gasteiger partial charge in [0.2, 0.25) is 0 Å². The molecule has 1 N–H and O–H groups in total. The van der Waals surface area contributed by atoms with Crippen LogP contribution in [0.2, 0.25) is 0 Å². The fraction of sp³-hybridized carbons (Fsp3) is 1.00. The van der Waals surface area contributed by atoms with E-state index in [-0.39, 0.29) is 5.72 Å². The van der Waals surface area contributed by atoms with E-state index in [1.165, 1.54) is 0 Å². The van der Waals surface area contributed by atoms with Crippen LogP contribution >= 0.6 is 0 Å². The van der Waals surface area contributed by atoms with Crippen molar-refractivity contribution in [3.05, 3.63) is 0 Å². The predicted octanol–water partition coefficient (Wildman–Crippen LogP) is -0.279. The van der Waals surface area contributed by atoms with Crippen molar-refractivity contribution < 1.29 is 9.47 Å². The molecule has 2 aliphatic heterocycles. The molecule has 2 heterocycles. The molecule has 0 amide bonds. The van der Waals surface area contributed by atoms with Crippen LogP contribution in [-0.2, 0) is 9.47 Å². The number of nitrogens with one attached hydrogen (secondary N) is 1. The molecule has 0 radical (unpaired) electrons. The fourth-order valence-corrected chi connectivity index (χ4v) is 1.27. The summed E-state index contributed by atoms with van der Waals surface area (Å²) in [5.41, 5.74) is -0.0839. The molecule has 1 unspecified atom stereocenters. The molecule has 0 saturated carbocycles. The number of hydrogen-bond donors (Lipinski definition) is 1. The maximum Gasteiger partial charge on any atom is 0.166 e. The van der Waals surface area contributed by atoms with E-state index in [0.717, 1.165) is 19.8 Å². The summed E-state index contributed by atoms with van der Waals surface area (Å²) in [6.07, 6.45) is 0. The molecular formula is C6H11NO2. The molecule has 52 valence electrons. The van der Waals surface area contributed by atoms with Crippen molar-refractivity contribution in [3.63, 3.8) is 0 Å². The third kappa shape index (κ3) is 0.764. The normalized spacial score (nSPS) is 39.0. The average Bonchev–Trinajstić information content (AvgIpc) is 2.09. The lowest BCUT2D eigenvalue weighted by Gasteiger charge is -2.36. The second-order valence-electron chi connectivity index (χ2n) is 2.84. The highest BCUT2D eigenvalue weighted by molar-refractivity contribution is 4.91. The molecule has 0 aliphatic carbocycles. The lowest BCUT2D eigenvalue weighted by Crippen LogP contribution is -2.59. The first-order valence-electron chi connectivity index (χ1n) is 3.30. The van der Waals surface area contributed by atoms with Crippen molar-refractivity contribution in [1.82, 2.24) is 5.32 Å². The van der Waals surface area contributed by atoms with Crippen molar-refractivity contribution in [2.75, 3.05) is 19.8 Å². The van der Waals surface area contributed by atoms with Crippen LogP contribution in [0, 0.1) is 0 Å². The lowest BCUT2D eigenvalue weighted by atomic mass is 10.2. The minimum absolute atomic E-state index is 0.0839. The number of hydrogen-bond acceptors (Lipinski definition) is 3. The molecule has 2 fully saturated rings. The minimum Gasteiger partial charge on any atom is -0.372 e. The monoisotopic (exact) mass is 129 g/mol. The van der Waals surface area contributed by atoms with Crippen LogP contribution in [0.5, 0.6) is 0 Å². The van der Waals surface area contributed by atoms with E-state index in [9.17, 15) is 0 Å². The molecular weight excluding hydrogens is 118 g/mol. The summed E-state index contributed by atoms with van der Waals surface area (Å²) < 4.78 is 10.5. The molecule has 0 aromatic carbocycles. The van der Waals surface area contributed by atoms with Gasteiger partial charge >= 0.3 is 0 Å². The summed E-state index contributed by atoms with van der Waals surface area (Å²) in [6.45, 7) is 4.38. The van der Waals surface area contributed by atoms with Crippen LogP contribution in [-0.4, -0.2) is 31.6 Å². The third-order valence-corrected chi connectivity index (χ3v) is 1.79. The second-order valence-corrected chi connectivity index (χ2v) is 2.84. The van der Waals surface area contributed by atoms with Crippen molar-refractivity contribution in [1.29, 1.82) is 0 Å². The molecule has 3 nitrogen and oxygen atoms in total. The Morgan fingerprint density at radius 2 is 2.33 bits per heavy atom. The van der Waals surface area contributed by atoms with Crippen molar-refractivity contribution in [2.24, 2.45) is 0 Å². The number of rotatable bonds is 0. The zero-order valence-corrected chi connectivity index (χ0v) is 5.52.